The zero-order valence-electron chi connectivity index (χ0n) is 26.0. The molecule has 1 aromatic carbocycles. The first-order valence-corrected chi connectivity index (χ1v) is 15.0. The summed E-state index contributed by atoms with van der Waals surface area (Å²) in [5, 5.41) is 20.5. The van der Waals surface area contributed by atoms with E-state index in [4.69, 9.17) is 0 Å². The Morgan fingerprint density at radius 2 is 1.66 bits per heavy atom. The normalized spacial score (nSPS) is 20.1. The number of aliphatic hydroxyl groups excluding tert-OH is 1. The highest BCUT2D eigenvalue weighted by Gasteiger charge is 2.46. The Labute approximate surface area is 244 Å². The van der Waals surface area contributed by atoms with Crippen LogP contribution in [0.5, 0.6) is 0 Å². The molecule has 8 nitrogen and oxygen atoms in total. The van der Waals surface area contributed by atoms with Crippen molar-refractivity contribution in [3.8, 4) is 0 Å². The van der Waals surface area contributed by atoms with E-state index in [0.717, 1.165) is 25.2 Å². The molecule has 1 aromatic rings. The van der Waals surface area contributed by atoms with Gasteiger partial charge >= 0.3 is 0 Å². The van der Waals surface area contributed by atoms with Gasteiger partial charge in [0.2, 0.25) is 11.7 Å². The van der Waals surface area contributed by atoms with Crippen LogP contribution < -0.4 is 10.2 Å². The third-order valence-electron chi connectivity index (χ3n) is 8.32. The number of nitrogens with zero attached hydrogens (tertiary/aromatic N) is 3. The van der Waals surface area contributed by atoms with E-state index in [1.165, 1.54) is 30.7 Å². The maximum Gasteiger partial charge on any atom is 0.277 e. The lowest BCUT2D eigenvalue weighted by molar-refractivity contribution is -0.130. The van der Waals surface area contributed by atoms with Gasteiger partial charge in [0.1, 0.15) is 5.76 Å². The lowest BCUT2D eigenvalue weighted by Crippen LogP contribution is -2.40. The number of nitrogens with one attached hydrogen (secondary N) is 1. The van der Waals surface area contributed by atoms with Crippen LogP contribution in [0.3, 0.4) is 0 Å². The fourth-order valence-electron chi connectivity index (χ4n) is 5.80. The molecule has 41 heavy (non-hydrogen) atoms. The first-order chi connectivity index (χ1) is 19.2. The van der Waals surface area contributed by atoms with Gasteiger partial charge in [-0.1, -0.05) is 46.5 Å². The molecule has 222 valence electrons. The van der Waals surface area contributed by atoms with Gasteiger partial charge in [-0.25, -0.2) is 5.01 Å². The summed E-state index contributed by atoms with van der Waals surface area (Å²) in [6.07, 6.45) is 6.30. The topological polar surface area (TPSA) is 102 Å². The quantitative estimate of drug-likeness (QED) is 0.346. The number of aliphatic hydroxyl groups is 1. The second-order valence-corrected chi connectivity index (χ2v) is 13.4. The summed E-state index contributed by atoms with van der Waals surface area (Å²) in [7, 11) is 0. The molecular weight excluding hydrogens is 516 g/mol. The van der Waals surface area contributed by atoms with E-state index in [1.54, 1.807) is 6.07 Å². The number of hydrogen-bond acceptors (Lipinski definition) is 6. The maximum atomic E-state index is 13.8. The molecule has 0 bridgehead atoms. The average Bonchev–Trinajstić information content (AvgIpc) is 3.52. The largest absolute Gasteiger partial charge is 0.506 e. The Morgan fingerprint density at radius 3 is 2.20 bits per heavy atom. The standard InChI is InChI=1S/C33H46N4O4/c1-9-36(10-2)21-16-17-22(24(19-21)34-31(41)32(3,4)5)25-28(38)27(29(25)39)26-23(18-15-20-13-11-12-14-20)35-37(30(26)40)33(6,7)8/h16-17,19-20,38H,9-15,18H2,1-8H3,(H,34,41)/b27-26+. The summed E-state index contributed by atoms with van der Waals surface area (Å²) < 4.78 is 0. The number of hydrazone groups is 1. The van der Waals surface area contributed by atoms with Gasteiger partial charge in [-0.2, -0.15) is 5.10 Å². The van der Waals surface area contributed by atoms with Crippen LogP contribution in [0.2, 0.25) is 0 Å². The molecule has 0 saturated heterocycles. The van der Waals surface area contributed by atoms with E-state index >= 15 is 0 Å². The lowest BCUT2D eigenvalue weighted by atomic mass is 9.78. The number of benzene rings is 1. The highest BCUT2D eigenvalue weighted by molar-refractivity contribution is 6.44. The van der Waals surface area contributed by atoms with Gasteiger partial charge in [-0.05, 0) is 71.6 Å². The van der Waals surface area contributed by atoms with Crippen LogP contribution >= 0.6 is 0 Å². The fourth-order valence-corrected chi connectivity index (χ4v) is 5.80. The van der Waals surface area contributed by atoms with Gasteiger partial charge in [0.25, 0.3) is 5.91 Å². The van der Waals surface area contributed by atoms with Crippen LogP contribution in [0.1, 0.15) is 99.5 Å². The number of anilines is 2. The van der Waals surface area contributed by atoms with Crippen molar-refractivity contribution >= 4 is 40.3 Å². The summed E-state index contributed by atoms with van der Waals surface area (Å²) in [4.78, 5) is 42.6. The number of carbonyl (C=O) groups is 3. The first-order valence-electron chi connectivity index (χ1n) is 15.0. The molecule has 1 heterocycles. The minimum Gasteiger partial charge on any atom is -0.506 e. The molecule has 1 saturated carbocycles. The average molecular weight is 563 g/mol. The van der Waals surface area contributed by atoms with Crippen LogP contribution in [-0.4, -0.2) is 52.1 Å². The van der Waals surface area contributed by atoms with E-state index in [0.29, 0.717) is 29.3 Å². The summed E-state index contributed by atoms with van der Waals surface area (Å²) >= 11 is 0. The second kappa shape index (κ2) is 11.5. The molecule has 0 unspecified atom stereocenters. The van der Waals surface area contributed by atoms with Crippen molar-refractivity contribution < 1.29 is 19.5 Å². The van der Waals surface area contributed by atoms with Crippen molar-refractivity contribution in [1.82, 2.24) is 5.01 Å². The molecule has 0 atom stereocenters. The second-order valence-electron chi connectivity index (χ2n) is 13.4. The van der Waals surface area contributed by atoms with Crippen molar-refractivity contribution in [1.29, 1.82) is 0 Å². The third-order valence-corrected chi connectivity index (χ3v) is 8.32. The van der Waals surface area contributed by atoms with E-state index in [-0.39, 0.29) is 34.3 Å². The summed E-state index contributed by atoms with van der Waals surface area (Å²) in [6.45, 7) is 16.8. The molecule has 2 aliphatic carbocycles. The van der Waals surface area contributed by atoms with Crippen LogP contribution in [0, 0.1) is 11.3 Å². The Kier molecular flexibility index (Phi) is 8.53. The molecule has 1 aliphatic heterocycles. The van der Waals surface area contributed by atoms with Crippen molar-refractivity contribution in [3.05, 3.63) is 40.7 Å². The van der Waals surface area contributed by atoms with E-state index in [9.17, 15) is 19.5 Å². The van der Waals surface area contributed by atoms with Crippen LogP contribution in [-0.2, 0) is 14.4 Å². The Hall–Kier alpha value is -3.42. The smallest absolute Gasteiger partial charge is 0.277 e. The molecule has 1 fully saturated rings. The molecular formula is C33H46N4O4. The summed E-state index contributed by atoms with van der Waals surface area (Å²) in [6, 6.07) is 5.51. The number of rotatable bonds is 8. The zero-order chi connectivity index (χ0) is 30.3. The fraction of sp³-hybridized carbons (Fsp3) is 0.576. The predicted molar refractivity (Wildman–Crippen MR) is 165 cm³/mol. The number of hydrogen-bond donors (Lipinski definition) is 2. The number of allylic oxidation sites excluding steroid dienone is 2. The van der Waals surface area contributed by atoms with E-state index in [1.807, 2.05) is 53.7 Å². The van der Waals surface area contributed by atoms with Crippen LogP contribution in [0.4, 0.5) is 11.4 Å². The molecule has 2 N–H and O–H groups in total. The first kappa shape index (κ1) is 30.5. The number of Topliss-reactive ketones (excluding diaryl/α,β-unsaturated/α-hetero) is 1. The van der Waals surface area contributed by atoms with Crippen molar-refractivity contribution in [2.24, 2.45) is 16.4 Å². The van der Waals surface area contributed by atoms with E-state index in [2.05, 4.69) is 29.2 Å². The molecule has 0 aromatic heterocycles. The van der Waals surface area contributed by atoms with Gasteiger partial charge in [0.05, 0.1) is 33.7 Å². The van der Waals surface area contributed by atoms with Gasteiger partial charge in [0, 0.05) is 29.8 Å². The number of amides is 2. The highest BCUT2D eigenvalue weighted by Crippen LogP contribution is 2.44. The summed E-state index contributed by atoms with van der Waals surface area (Å²) in [5.41, 5.74) is 1.49. The molecule has 0 radical (unpaired) electrons. The van der Waals surface area contributed by atoms with Crippen LogP contribution in [0.15, 0.2) is 40.2 Å². The molecule has 2 amide bonds. The zero-order valence-corrected chi connectivity index (χ0v) is 26.0. The van der Waals surface area contributed by atoms with Crippen molar-refractivity contribution in [2.45, 2.75) is 99.5 Å². The predicted octanol–water partition coefficient (Wildman–Crippen LogP) is 6.63. The van der Waals surface area contributed by atoms with Gasteiger partial charge in [-0.15, -0.1) is 0 Å². The highest BCUT2D eigenvalue weighted by atomic mass is 16.3. The Morgan fingerprint density at radius 1 is 1.02 bits per heavy atom. The minimum absolute atomic E-state index is 0.0304. The van der Waals surface area contributed by atoms with Gasteiger partial charge in [-0.3, -0.25) is 14.4 Å². The van der Waals surface area contributed by atoms with Gasteiger partial charge in [0.15, 0.2) is 0 Å². The monoisotopic (exact) mass is 562 g/mol. The van der Waals surface area contributed by atoms with Gasteiger partial charge < -0.3 is 15.3 Å². The van der Waals surface area contributed by atoms with Crippen molar-refractivity contribution in [3.63, 3.8) is 0 Å². The Balaban J connectivity index is 1.78. The lowest BCUT2D eigenvalue weighted by Gasteiger charge is -2.29. The van der Waals surface area contributed by atoms with Crippen molar-refractivity contribution in [2.75, 3.05) is 23.3 Å². The Bertz CT molecular complexity index is 1330. The SMILES string of the molecule is CCN(CC)c1ccc(C2=C(O)/C(=C3\C(=O)N(C(C)(C)C)N=C3CCC3CCCC3)C2=O)c(NC(=O)C(C)(C)C)c1. The number of ketones is 1. The van der Waals surface area contributed by atoms with Crippen LogP contribution in [0.25, 0.3) is 5.57 Å². The summed E-state index contributed by atoms with van der Waals surface area (Å²) in [5.74, 6) is -0.584. The minimum atomic E-state index is -0.660. The molecule has 3 aliphatic rings. The molecule has 4 rings (SSSR count). The third kappa shape index (κ3) is 5.97. The number of carbonyl (C=O) groups excluding carboxylic acids is 3. The van der Waals surface area contributed by atoms with E-state index < -0.39 is 16.7 Å². The molecule has 8 heteroatoms. The maximum absolute atomic E-state index is 13.8. The molecule has 0 spiro atoms.